The Balaban J connectivity index is 2.14. The molecule has 94 valence electrons. The molecule has 1 heterocycles. The molecular weight excluding hydrogens is 258 g/mol. The number of hydrogen-bond donors (Lipinski definition) is 1. The number of benzene rings is 2. The van der Waals surface area contributed by atoms with Crippen LogP contribution < -0.4 is 5.32 Å². The van der Waals surface area contributed by atoms with Crippen LogP contribution in [0.15, 0.2) is 42.5 Å². The Labute approximate surface area is 116 Å². The molecule has 19 heavy (non-hydrogen) atoms. The van der Waals surface area contributed by atoms with Crippen LogP contribution >= 0.6 is 11.6 Å². The zero-order valence-corrected chi connectivity index (χ0v) is 11.2. The Bertz CT molecular complexity index is 704. The molecule has 1 aliphatic heterocycles. The fourth-order valence-electron chi connectivity index (χ4n) is 2.20. The van der Waals surface area contributed by atoms with E-state index in [4.69, 9.17) is 11.6 Å². The number of para-hydroxylation sites is 1. The highest BCUT2D eigenvalue weighted by molar-refractivity contribution is 6.35. The lowest BCUT2D eigenvalue weighted by atomic mass is 10.0. The van der Waals surface area contributed by atoms with Gasteiger partial charge in [-0.25, -0.2) is 0 Å². The predicted octanol–water partition coefficient (Wildman–Crippen LogP) is 4.14. The first kappa shape index (κ1) is 12.0. The van der Waals surface area contributed by atoms with Crippen molar-refractivity contribution in [2.75, 3.05) is 5.32 Å². The normalized spacial score (nSPS) is 15.5. The summed E-state index contributed by atoms with van der Waals surface area (Å²) in [5.41, 5.74) is 4.54. The topological polar surface area (TPSA) is 29.1 Å². The van der Waals surface area contributed by atoms with Gasteiger partial charge in [0.1, 0.15) is 0 Å². The van der Waals surface area contributed by atoms with E-state index in [0.717, 1.165) is 22.4 Å². The Morgan fingerprint density at radius 1 is 1.16 bits per heavy atom. The Kier molecular flexibility index (Phi) is 2.88. The highest BCUT2D eigenvalue weighted by Gasteiger charge is 2.23. The molecule has 2 aromatic carbocycles. The van der Waals surface area contributed by atoms with Gasteiger partial charge in [0, 0.05) is 21.8 Å². The Hall–Kier alpha value is -2.06. The second-order valence-corrected chi connectivity index (χ2v) is 5.00. The molecule has 0 spiro atoms. The van der Waals surface area contributed by atoms with E-state index < -0.39 is 0 Å². The molecule has 0 unspecified atom stereocenters. The summed E-state index contributed by atoms with van der Waals surface area (Å²) in [6.45, 7) is 2.00. The maximum Gasteiger partial charge on any atom is 0.256 e. The molecule has 0 saturated carbocycles. The van der Waals surface area contributed by atoms with Gasteiger partial charge < -0.3 is 5.32 Å². The van der Waals surface area contributed by atoms with Gasteiger partial charge in [0.25, 0.3) is 5.91 Å². The lowest BCUT2D eigenvalue weighted by Crippen LogP contribution is -2.03. The predicted molar refractivity (Wildman–Crippen MR) is 79.1 cm³/mol. The first-order valence-electron chi connectivity index (χ1n) is 6.04. The maximum absolute atomic E-state index is 12.0. The zero-order chi connectivity index (χ0) is 13.4. The third kappa shape index (κ3) is 2.15. The van der Waals surface area contributed by atoms with Crippen molar-refractivity contribution in [3.8, 4) is 0 Å². The number of halogens is 1. The Morgan fingerprint density at radius 3 is 2.79 bits per heavy atom. The van der Waals surface area contributed by atoms with Crippen LogP contribution in [-0.4, -0.2) is 5.91 Å². The summed E-state index contributed by atoms with van der Waals surface area (Å²) in [6.07, 6.45) is 1.89. The fourth-order valence-corrected chi connectivity index (χ4v) is 2.39. The van der Waals surface area contributed by atoms with E-state index >= 15 is 0 Å². The van der Waals surface area contributed by atoms with E-state index in [9.17, 15) is 4.79 Å². The zero-order valence-electron chi connectivity index (χ0n) is 10.4. The summed E-state index contributed by atoms with van der Waals surface area (Å²) < 4.78 is 0. The number of carbonyl (C=O) groups is 1. The van der Waals surface area contributed by atoms with Crippen LogP contribution in [0.1, 0.15) is 16.7 Å². The minimum absolute atomic E-state index is 0.0689. The smallest absolute Gasteiger partial charge is 0.256 e. The number of hydrogen-bond acceptors (Lipinski definition) is 1. The van der Waals surface area contributed by atoms with Gasteiger partial charge in [0.2, 0.25) is 0 Å². The molecule has 1 N–H and O–H groups in total. The second kappa shape index (κ2) is 4.56. The minimum atomic E-state index is -0.0689. The quantitative estimate of drug-likeness (QED) is 0.775. The lowest BCUT2D eigenvalue weighted by Gasteiger charge is -2.03. The molecular formula is C16H12ClNO. The maximum atomic E-state index is 12.0. The molecule has 0 saturated heterocycles. The summed E-state index contributed by atoms with van der Waals surface area (Å²) >= 11 is 6.01. The average Bonchev–Trinajstić information content (AvgIpc) is 2.71. The van der Waals surface area contributed by atoms with Crippen LogP contribution in [0.5, 0.6) is 0 Å². The van der Waals surface area contributed by atoms with Gasteiger partial charge in [-0.3, -0.25) is 4.79 Å². The van der Waals surface area contributed by atoms with E-state index in [-0.39, 0.29) is 5.91 Å². The molecule has 0 bridgehead atoms. The largest absolute Gasteiger partial charge is 0.321 e. The Morgan fingerprint density at radius 2 is 1.95 bits per heavy atom. The van der Waals surface area contributed by atoms with Crippen molar-refractivity contribution in [3.63, 3.8) is 0 Å². The SMILES string of the molecule is Cc1ccc(Cl)cc1/C=C1/C(=O)Nc2ccccc21. The molecule has 2 aromatic rings. The fraction of sp³-hybridized carbons (Fsp3) is 0.0625. The second-order valence-electron chi connectivity index (χ2n) is 4.56. The monoisotopic (exact) mass is 269 g/mol. The van der Waals surface area contributed by atoms with Gasteiger partial charge >= 0.3 is 0 Å². The van der Waals surface area contributed by atoms with Crippen molar-refractivity contribution in [1.82, 2.24) is 0 Å². The van der Waals surface area contributed by atoms with Gasteiger partial charge in [0.15, 0.2) is 0 Å². The number of fused-ring (bicyclic) bond motifs is 1. The van der Waals surface area contributed by atoms with Gasteiger partial charge in [-0.2, -0.15) is 0 Å². The highest BCUT2D eigenvalue weighted by Crippen LogP contribution is 2.33. The van der Waals surface area contributed by atoms with Gasteiger partial charge in [0.05, 0.1) is 0 Å². The molecule has 3 heteroatoms. The van der Waals surface area contributed by atoms with Crippen LogP contribution in [0.2, 0.25) is 5.02 Å². The first-order chi connectivity index (χ1) is 9.15. The van der Waals surface area contributed by atoms with Crippen molar-refractivity contribution in [1.29, 1.82) is 0 Å². The number of nitrogens with one attached hydrogen (secondary N) is 1. The number of aryl methyl sites for hydroxylation is 1. The van der Waals surface area contributed by atoms with Crippen molar-refractivity contribution >= 4 is 34.8 Å². The van der Waals surface area contributed by atoms with Crippen LogP contribution in [0, 0.1) is 6.92 Å². The van der Waals surface area contributed by atoms with Crippen LogP contribution in [0.3, 0.4) is 0 Å². The summed E-state index contributed by atoms with van der Waals surface area (Å²) in [7, 11) is 0. The third-order valence-corrected chi connectivity index (χ3v) is 3.49. The lowest BCUT2D eigenvalue weighted by molar-refractivity contribution is -0.110. The van der Waals surface area contributed by atoms with Crippen molar-refractivity contribution < 1.29 is 4.79 Å². The highest BCUT2D eigenvalue weighted by atomic mass is 35.5. The van der Waals surface area contributed by atoms with Crippen molar-refractivity contribution in [2.24, 2.45) is 0 Å². The van der Waals surface area contributed by atoms with Gasteiger partial charge in [-0.15, -0.1) is 0 Å². The standard InChI is InChI=1S/C16H12ClNO/c1-10-6-7-12(17)8-11(10)9-14-13-4-2-3-5-15(13)18-16(14)19/h2-9H,1H3,(H,18,19)/b14-9+. The molecule has 3 rings (SSSR count). The van der Waals surface area contributed by atoms with E-state index in [1.165, 1.54) is 0 Å². The van der Waals surface area contributed by atoms with E-state index in [1.54, 1.807) is 0 Å². The van der Waals surface area contributed by atoms with Crippen molar-refractivity contribution in [3.05, 3.63) is 64.2 Å². The third-order valence-electron chi connectivity index (χ3n) is 3.25. The van der Waals surface area contributed by atoms with Crippen LogP contribution in [0.25, 0.3) is 11.6 Å². The molecule has 0 radical (unpaired) electrons. The average molecular weight is 270 g/mol. The number of carbonyl (C=O) groups excluding carboxylic acids is 1. The van der Waals surface area contributed by atoms with E-state index in [0.29, 0.717) is 10.6 Å². The summed E-state index contributed by atoms with van der Waals surface area (Å²) in [5.74, 6) is -0.0689. The molecule has 0 fully saturated rings. The number of amides is 1. The number of rotatable bonds is 1. The van der Waals surface area contributed by atoms with Gasteiger partial charge in [-0.05, 0) is 42.3 Å². The summed E-state index contributed by atoms with van der Waals surface area (Å²) in [5, 5.41) is 3.53. The molecule has 1 aliphatic rings. The van der Waals surface area contributed by atoms with Gasteiger partial charge in [-0.1, -0.05) is 35.9 Å². The molecule has 0 aliphatic carbocycles. The van der Waals surface area contributed by atoms with E-state index in [1.807, 2.05) is 55.5 Å². The molecule has 0 atom stereocenters. The van der Waals surface area contributed by atoms with E-state index in [2.05, 4.69) is 5.32 Å². The minimum Gasteiger partial charge on any atom is -0.321 e. The van der Waals surface area contributed by atoms with Crippen LogP contribution in [-0.2, 0) is 4.79 Å². The number of anilines is 1. The molecule has 1 amide bonds. The summed E-state index contributed by atoms with van der Waals surface area (Å²) in [4.78, 5) is 12.0. The van der Waals surface area contributed by atoms with Crippen molar-refractivity contribution in [2.45, 2.75) is 6.92 Å². The van der Waals surface area contributed by atoms with Crippen LogP contribution in [0.4, 0.5) is 5.69 Å². The molecule has 2 nitrogen and oxygen atoms in total. The first-order valence-corrected chi connectivity index (χ1v) is 6.41. The molecule has 0 aromatic heterocycles. The summed E-state index contributed by atoms with van der Waals surface area (Å²) in [6, 6.07) is 13.4.